The molecule has 8 aromatic carbocycles. The summed E-state index contributed by atoms with van der Waals surface area (Å²) in [6.45, 7) is 0. The fourth-order valence-electron chi connectivity index (χ4n) is 8.79. The molecule has 3 aromatic heterocycles. The molecule has 0 fully saturated rings. The van der Waals surface area contributed by atoms with Crippen LogP contribution in [0.25, 0.3) is 106 Å². The number of hydrogen-bond acceptors (Lipinski definition) is 4. The van der Waals surface area contributed by atoms with Crippen LogP contribution < -0.4 is 0 Å². The van der Waals surface area contributed by atoms with Crippen LogP contribution in [-0.2, 0) is 5.92 Å². The second kappa shape index (κ2) is 12.2. The molecule has 0 amide bonds. The van der Waals surface area contributed by atoms with Crippen molar-refractivity contribution in [2.45, 2.75) is 5.92 Å². The molecule has 1 aliphatic carbocycles. The Balaban J connectivity index is 0.998. The zero-order chi connectivity index (χ0) is 38.5. The number of imidazole rings is 1. The van der Waals surface area contributed by atoms with Gasteiger partial charge >= 0.3 is 0 Å². The average molecular weight is 750 g/mol. The van der Waals surface area contributed by atoms with E-state index in [2.05, 4.69) is 59.0 Å². The molecule has 0 spiro atoms. The van der Waals surface area contributed by atoms with E-state index in [1.807, 2.05) is 103 Å². The van der Waals surface area contributed by atoms with Gasteiger partial charge in [0.2, 0.25) is 0 Å². The maximum atomic E-state index is 16.9. The lowest BCUT2D eigenvalue weighted by molar-refractivity contribution is 0.0481. The average Bonchev–Trinajstić information content (AvgIpc) is 3.79. The van der Waals surface area contributed by atoms with Gasteiger partial charge in [0.1, 0.15) is 5.65 Å². The monoisotopic (exact) mass is 749 g/mol. The molecule has 0 saturated heterocycles. The molecule has 0 unspecified atom stereocenters. The molecule has 0 bridgehead atoms. The molecule has 58 heavy (non-hydrogen) atoms. The molecular formula is C51H29F2N5. The number of nitrogens with zero attached hydrogens (tertiary/aromatic N) is 5. The molecule has 0 aliphatic heterocycles. The lowest BCUT2D eigenvalue weighted by atomic mass is 9.95. The molecule has 0 radical (unpaired) electrons. The fraction of sp³-hybridized carbons (Fsp3) is 0.0196. The summed E-state index contributed by atoms with van der Waals surface area (Å²) in [5.41, 5.74) is 8.31. The second-order valence-corrected chi connectivity index (χ2v) is 14.8. The predicted molar refractivity (Wildman–Crippen MR) is 229 cm³/mol. The molecule has 272 valence electrons. The van der Waals surface area contributed by atoms with E-state index in [-0.39, 0.29) is 11.1 Å². The Kier molecular flexibility index (Phi) is 6.84. The first kappa shape index (κ1) is 32.6. The quantitative estimate of drug-likeness (QED) is 0.168. The van der Waals surface area contributed by atoms with E-state index in [0.717, 1.165) is 65.8 Å². The Labute approximate surface area is 330 Å². The van der Waals surface area contributed by atoms with Crippen LogP contribution in [0.2, 0.25) is 0 Å². The zero-order valence-electron chi connectivity index (χ0n) is 30.7. The number of fused-ring (bicyclic) bond motifs is 13. The van der Waals surface area contributed by atoms with E-state index in [1.165, 1.54) is 0 Å². The van der Waals surface area contributed by atoms with Gasteiger partial charge in [0.25, 0.3) is 5.92 Å². The summed E-state index contributed by atoms with van der Waals surface area (Å²) in [5.74, 6) is -1.98. The zero-order valence-corrected chi connectivity index (χ0v) is 30.7. The van der Waals surface area contributed by atoms with Crippen molar-refractivity contribution in [1.82, 2.24) is 24.3 Å². The first-order valence-electron chi connectivity index (χ1n) is 19.2. The summed E-state index contributed by atoms with van der Waals surface area (Å²) in [6.07, 6.45) is 0. The highest BCUT2D eigenvalue weighted by atomic mass is 19.3. The van der Waals surface area contributed by atoms with E-state index in [1.54, 1.807) is 18.2 Å². The highest BCUT2D eigenvalue weighted by Gasteiger charge is 2.45. The van der Waals surface area contributed by atoms with Crippen molar-refractivity contribution in [1.29, 1.82) is 0 Å². The van der Waals surface area contributed by atoms with Crippen LogP contribution in [0.5, 0.6) is 0 Å². The molecule has 0 atom stereocenters. The van der Waals surface area contributed by atoms with E-state index >= 15 is 8.78 Å². The number of para-hydroxylation sites is 2. The van der Waals surface area contributed by atoms with Gasteiger partial charge in [-0.3, -0.25) is 4.40 Å². The Morgan fingerprint density at radius 2 is 0.948 bits per heavy atom. The number of rotatable bonds is 4. The van der Waals surface area contributed by atoms with E-state index in [4.69, 9.17) is 19.9 Å². The van der Waals surface area contributed by atoms with Crippen LogP contribution in [0.15, 0.2) is 176 Å². The van der Waals surface area contributed by atoms with Crippen LogP contribution >= 0.6 is 0 Å². The Hall–Kier alpha value is -7.64. The number of benzene rings is 8. The summed E-state index contributed by atoms with van der Waals surface area (Å²) in [4.78, 5) is 19.5. The molecule has 7 heteroatoms. The summed E-state index contributed by atoms with van der Waals surface area (Å²) in [5, 5.41) is 5.55. The lowest BCUT2D eigenvalue weighted by Gasteiger charge is -2.15. The van der Waals surface area contributed by atoms with E-state index in [9.17, 15) is 0 Å². The topological polar surface area (TPSA) is 56.0 Å². The summed E-state index contributed by atoms with van der Waals surface area (Å²) in [7, 11) is 0. The molecule has 0 N–H and O–H groups in total. The van der Waals surface area contributed by atoms with Gasteiger partial charge in [-0.15, -0.1) is 0 Å². The number of alkyl halides is 2. The molecule has 1 aliphatic rings. The van der Waals surface area contributed by atoms with Gasteiger partial charge in [-0.2, -0.15) is 8.78 Å². The normalized spacial score (nSPS) is 13.1. The highest BCUT2D eigenvalue weighted by Crippen LogP contribution is 2.53. The first-order valence-corrected chi connectivity index (χ1v) is 19.2. The largest absolute Gasteiger partial charge is 0.299 e. The van der Waals surface area contributed by atoms with E-state index < -0.39 is 5.92 Å². The van der Waals surface area contributed by atoms with Crippen molar-refractivity contribution in [3.63, 3.8) is 0 Å². The maximum Gasteiger partial charge on any atom is 0.299 e. The fourth-order valence-corrected chi connectivity index (χ4v) is 8.79. The van der Waals surface area contributed by atoms with Crippen LogP contribution in [0.4, 0.5) is 8.78 Å². The van der Waals surface area contributed by atoms with Gasteiger partial charge in [0, 0.05) is 44.0 Å². The van der Waals surface area contributed by atoms with Crippen LogP contribution in [0.1, 0.15) is 11.1 Å². The van der Waals surface area contributed by atoms with Crippen LogP contribution in [-0.4, -0.2) is 24.3 Å². The maximum absolute atomic E-state index is 16.9. The standard InChI is InChI=1S/C51H29F2N5/c52-51(53)41-27-33(34-21-25-39-45(29-34)58-44-18-10-9-17-43(44)54-50(58)40-26-19-30-11-7-8-16-36(30)46(39)40)20-23-37(41)38-24-22-35(28-42(38)51)49-56-47(31-12-3-1-4-13-31)55-48(57-49)32-14-5-2-6-15-32/h1-29H. The third kappa shape index (κ3) is 4.80. The number of aromatic nitrogens is 5. The predicted octanol–water partition coefficient (Wildman–Crippen LogP) is 12.9. The minimum Gasteiger partial charge on any atom is -0.292 e. The van der Waals surface area contributed by atoms with Crippen molar-refractivity contribution in [3.05, 3.63) is 187 Å². The third-order valence-corrected chi connectivity index (χ3v) is 11.5. The minimum atomic E-state index is -3.26. The first-order chi connectivity index (χ1) is 28.5. The van der Waals surface area contributed by atoms with Crippen molar-refractivity contribution >= 4 is 49.1 Å². The number of hydrogen-bond donors (Lipinski definition) is 0. The minimum absolute atomic E-state index is 0.0226. The van der Waals surface area contributed by atoms with Crippen LogP contribution in [0, 0.1) is 0 Å². The summed E-state index contributed by atoms with van der Waals surface area (Å²) < 4.78 is 35.9. The molecule has 12 rings (SSSR count). The summed E-state index contributed by atoms with van der Waals surface area (Å²) >= 11 is 0. The lowest BCUT2D eigenvalue weighted by Crippen LogP contribution is -2.11. The molecule has 0 saturated carbocycles. The Morgan fingerprint density at radius 3 is 1.67 bits per heavy atom. The molecule has 3 heterocycles. The van der Waals surface area contributed by atoms with Crippen molar-refractivity contribution in [2.75, 3.05) is 0 Å². The number of pyridine rings is 1. The van der Waals surface area contributed by atoms with Gasteiger partial charge in [0.05, 0.1) is 16.6 Å². The molecular weight excluding hydrogens is 721 g/mol. The van der Waals surface area contributed by atoms with Crippen molar-refractivity contribution in [3.8, 4) is 56.4 Å². The van der Waals surface area contributed by atoms with Crippen LogP contribution in [0.3, 0.4) is 0 Å². The van der Waals surface area contributed by atoms with Crippen molar-refractivity contribution in [2.24, 2.45) is 0 Å². The molecule has 11 aromatic rings. The van der Waals surface area contributed by atoms with E-state index in [0.29, 0.717) is 39.7 Å². The van der Waals surface area contributed by atoms with Gasteiger partial charge in [0.15, 0.2) is 17.5 Å². The molecule has 5 nitrogen and oxygen atoms in total. The van der Waals surface area contributed by atoms with Crippen molar-refractivity contribution < 1.29 is 8.78 Å². The Bertz CT molecular complexity index is 3430. The smallest absolute Gasteiger partial charge is 0.292 e. The number of halogens is 2. The van der Waals surface area contributed by atoms with Gasteiger partial charge in [-0.25, -0.2) is 19.9 Å². The van der Waals surface area contributed by atoms with Gasteiger partial charge < -0.3 is 0 Å². The highest BCUT2D eigenvalue weighted by molar-refractivity contribution is 6.24. The second-order valence-electron chi connectivity index (χ2n) is 14.8. The third-order valence-electron chi connectivity index (χ3n) is 11.5. The Morgan fingerprint density at radius 1 is 0.397 bits per heavy atom. The summed E-state index contributed by atoms with van der Waals surface area (Å²) in [6, 6.07) is 56.9. The van der Waals surface area contributed by atoms with Gasteiger partial charge in [-0.1, -0.05) is 140 Å². The van der Waals surface area contributed by atoms with Gasteiger partial charge in [-0.05, 0) is 69.4 Å². The SMILES string of the molecule is FC1(F)c2cc(-c3ccc4c5c6ccccc6ccc5c5nc6ccccc6n5c4c3)ccc2-c2ccc(-c3nc(-c4ccccc4)nc(-c4ccccc4)n3)cc21.